The Balaban J connectivity index is 0. The van der Waals surface area contributed by atoms with Gasteiger partial charge in [-0.15, -0.1) is 19.0 Å². The van der Waals surface area contributed by atoms with Crippen LogP contribution in [-0.2, 0) is 4.79 Å². The molecule has 3 nitrogen and oxygen atoms in total. The SMILES string of the molecule is C=C(C)C[C@H](N)C(=O)O.Cl. The van der Waals surface area contributed by atoms with E-state index in [-0.39, 0.29) is 12.4 Å². The molecule has 0 rings (SSSR count). The maximum absolute atomic E-state index is 10.1. The zero-order chi connectivity index (χ0) is 7.44. The van der Waals surface area contributed by atoms with Crippen LogP contribution in [0.2, 0.25) is 0 Å². The van der Waals surface area contributed by atoms with Crippen molar-refractivity contribution in [3.8, 4) is 0 Å². The predicted octanol–water partition coefficient (Wildman–Crippen LogP) is 0.786. The van der Waals surface area contributed by atoms with Gasteiger partial charge in [-0.1, -0.05) is 5.57 Å². The highest BCUT2D eigenvalue weighted by Gasteiger charge is 2.09. The molecule has 0 fully saturated rings. The van der Waals surface area contributed by atoms with Crippen molar-refractivity contribution in [2.45, 2.75) is 19.4 Å². The van der Waals surface area contributed by atoms with E-state index in [0.717, 1.165) is 5.57 Å². The summed E-state index contributed by atoms with van der Waals surface area (Å²) in [5, 5.41) is 8.26. The lowest BCUT2D eigenvalue weighted by Gasteiger charge is -2.03. The van der Waals surface area contributed by atoms with Crippen LogP contribution >= 0.6 is 12.4 Å². The highest BCUT2D eigenvalue weighted by molar-refractivity contribution is 5.85. The standard InChI is InChI=1S/C6H11NO2.ClH/c1-4(2)3-5(7)6(8)9;/h5H,1,3,7H2,2H3,(H,8,9);1H/t5-;/m0./s1. The van der Waals surface area contributed by atoms with Crippen LogP contribution in [0, 0.1) is 0 Å². The highest BCUT2D eigenvalue weighted by atomic mass is 35.5. The van der Waals surface area contributed by atoms with Crippen molar-refractivity contribution in [3.05, 3.63) is 12.2 Å². The van der Waals surface area contributed by atoms with E-state index in [1.54, 1.807) is 6.92 Å². The van der Waals surface area contributed by atoms with Gasteiger partial charge in [-0.25, -0.2) is 0 Å². The predicted molar refractivity (Wildman–Crippen MR) is 42.3 cm³/mol. The first kappa shape index (κ1) is 12.2. The van der Waals surface area contributed by atoms with Crippen LogP contribution in [0.25, 0.3) is 0 Å². The summed E-state index contributed by atoms with van der Waals surface area (Å²) in [5.74, 6) is -0.974. The number of carbonyl (C=O) groups is 1. The first-order chi connectivity index (χ1) is 4.04. The monoisotopic (exact) mass is 165 g/mol. The molecule has 0 spiro atoms. The summed E-state index contributed by atoms with van der Waals surface area (Å²) >= 11 is 0. The maximum atomic E-state index is 10.1. The van der Waals surface area contributed by atoms with Gasteiger partial charge in [0, 0.05) is 0 Å². The van der Waals surface area contributed by atoms with Gasteiger partial charge in [0.2, 0.25) is 0 Å². The first-order valence-electron chi connectivity index (χ1n) is 2.67. The Kier molecular flexibility index (Phi) is 6.40. The molecule has 60 valence electrons. The number of hydrogen-bond donors (Lipinski definition) is 2. The molecule has 0 aliphatic carbocycles. The van der Waals surface area contributed by atoms with Gasteiger partial charge in [0.15, 0.2) is 0 Å². The van der Waals surface area contributed by atoms with Gasteiger partial charge >= 0.3 is 5.97 Å². The number of carboxylic acid groups (broad SMARTS) is 1. The number of nitrogens with two attached hydrogens (primary N) is 1. The van der Waals surface area contributed by atoms with E-state index in [1.165, 1.54) is 0 Å². The van der Waals surface area contributed by atoms with E-state index in [4.69, 9.17) is 10.8 Å². The molecule has 0 unspecified atom stereocenters. The van der Waals surface area contributed by atoms with Gasteiger partial charge in [-0.2, -0.15) is 0 Å². The zero-order valence-electron chi connectivity index (χ0n) is 5.83. The lowest BCUT2D eigenvalue weighted by molar-refractivity contribution is -0.138. The van der Waals surface area contributed by atoms with E-state index in [2.05, 4.69) is 6.58 Å². The van der Waals surface area contributed by atoms with Crippen molar-refractivity contribution in [2.75, 3.05) is 0 Å². The number of halogens is 1. The molecule has 0 aliphatic rings. The largest absolute Gasteiger partial charge is 0.480 e. The van der Waals surface area contributed by atoms with Crippen molar-refractivity contribution < 1.29 is 9.90 Å². The summed E-state index contributed by atoms with van der Waals surface area (Å²) in [7, 11) is 0. The molecule has 3 N–H and O–H groups in total. The lowest BCUT2D eigenvalue weighted by atomic mass is 10.1. The van der Waals surface area contributed by atoms with Crippen LogP contribution in [-0.4, -0.2) is 17.1 Å². The molecule has 0 amide bonds. The van der Waals surface area contributed by atoms with Crippen molar-refractivity contribution in [2.24, 2.45) is 5.73 Å². The summed E-state index contributed by atoms with van der Waals surface area (Å²) in [6.07, 6.45) is 0.356. The molecular weight excluding hydrogens is 154 g/mol. The summed E-state index contributed by atoms with van der Waals surface area (Å²) in [6, 6.07) is -0.789. The Morgan fingerprint density at radius 1 is 1.80 bits per heavy atom. The zero-order valence-corrected chi connectivity index (χ0v) is 6.65. The average molecular weight is 166 g/mol. The Hall–Kier alpha value is -0.540. The van der Waals surface area contributed by atoms with E-state index in [9.17, 15) is 4.79 Å². The second-order valence-corrected chi connectivity index (χ2v) is 2.11. The van der Waals surface area contributed by atoms with Gasteiger partial charge in [0.05, 0.1) is 0 Å². The van der Waals surface area contributed by atoms with Gasteiger partial charge in [-0.05, 0) is 13.3 Å². The van der Waals surface area contributed by atoms with E-state index < -0.39 is 12.0 Å². The Morgan fingerprint density at radius 2 is 2.20 bits per heavy atom. The quantitative estimate of drug-likeness (QED) is 0.608. The summed E-state index contributed by atoms with van der Waals surface area (Å²) < 4.78 is 0. The fourth-order valence-electron chi connectivity index (χ4n) is 0.463. The molecule has 0 heterocycles. The average Bonchev–Trinajstić information content (AvgIpc) is 1.63. The molecule has 0 saturated heterocycles. The van der Waals surface area contributed by atoms with Crippen molar-refractivity contribution in [1.29, 1.82) is 0 Å². The van der Waals surface area contributed by atoms with Gasteiger partial charge in [0.25, 0.3) is 0 Å². The molecule has 1 atom stereocenters. The van der Waals surface area contributed by atoms with Crippen molar-refractivity contribution in [1.82, 2.24) is 0 Å². The lowest BCUT2D eigenvalue weighted by Crippen LogP contribution is -2.29. The minimum atomic E-state index is -0.974. The molecule has 10 heavy (non-hydrogen) atoms. The van der Waals surface area contributed by atoms with E-state index in [1.807, 2.05) is 0 Å². The van der Waals surface area contributed by atoms with Crippen LogP contribution in [0.3, 0.4) is 0 Å². The summed E-state index contributed by atoms with van der Waals surface area (Å²) in [6.45, 7) is 5.29. The second kappa shape index (κ2) is 5.26. The third kappa shape index (κ3) is 5.59. The Morgan fingerprint density at radius 3 is 2.30 bits per heavy atom. The van der Waals surface area contributed by atoms with Crippen LogP contribution in [0.15, 0.2) is 12.2 Å². The van der Waals surface area contributed by atoms with Crippen molar-refractivity contribution >= 4 is 18.4 Å². The normalized spacial score (nSPS) is 11.4. The summed E-state index contributed by atoms with van der Waals surface area (Å²) in [5.41, 5.74) is 5.95. The fraction of sp³-hybridized carbons (Fsp3) is 0.500. The van der Waals surface area contributed by atoms with E-state index >= 15 is 0 Å². The minimum Gasteiger partial charge on any atom is -0.480 e. The first-order valence-corrected chi connectivity index (χ1v) is 2.67. The number of carboxylic acids is 1. The number of rotatable bonds is 3. The minimum absolute atomic E-state index is 0. The highest BCUT2D eigenvalue weighted by Crippen LogP contribution is 1.98. The van der Waals surface area contributed by atoms with E-state index in [0.29, 0.717) is 6.42 Å². The molecule has 0 aromatic carbocycles. The molecule has 0 radical (unpaired) electrons. The van der Waals surface area contributed by atoms with Crippen LogP contribution in [0.4, 0.5) is 0 Å². The van der Waals surface area contributed by atoms with Gasteiger partial charge in [-0.3, -0.25) is 4.79 Å². The molecule has 4 heteroatoms. The maximum Gasteiger partial charge on any atom is 0.320 e. The Labute approximate surface area is 66.3 Å². The third-order valence-corrected chi connectivity index (χ3v) is 0.886. The fourth-order valence-corrected chi connectivity index (χ4v) is 0.463. The van der Waals surface area contributed by atoms with Gasteiger partial charge < -0.3 is 10.8 Å². The number of aliphatic carboxylic acids is 1. The molecule has 0 saturated carbocycles. The van der Waals surface area contributed by atoms with Crippen LogP contribution in [0.5, 0.6) is 0 Å². The molecule has 0 bridgehead atoms. The second-order valence-electron chi connectivity index (χ2n) is 2.11. The van der Waals surface area contributed by atoms with Crippen LogP contribution < -0.4 is 5.73 Å². The Bertz CT molecular complexity index is 136. The van der Waals surface area contributed by atoms with Gasteiger partial charge in [0.1, 0.15) is 6.04 Å². The smallest absolute Gasteiger partial charge is 0.320 e. The molecular formula is C6H12ClNO2. The van der Waals surface area contributed by atoms with Crippen molar-refractivity contribution in [3.63, 3.8) is 0 Å². The molecule has 0 aromatic heterocycles. The molecule has 0 aromatic rings. The topological polar surface area (TPSA) is 63.3 Å². The third-order valence-electron chi connectivity index (χ3n) is 0.886. The number of hydrogen-bond acceptors (Lipinski definition) is 2. The summed E-state index contributed by atoms with van der Waals surface area (Å²) in [4.78, 5) is 10.1. The molecule has 0 aliphatic heterocycles. The van der Waals surface area contributed by atoms with Crippen LogP contribution in [0.1, 0.15) is 13.3 Å².